The monoisotopic (exact) mass is 307 g/mol. The Hall–Kier alpha value is -1.68. The second-order valence-electron chi connectivity index (χ2n) is 4.15. The maximum Gasteiger partial charge on any atom is 0.124 e. The number of phenolic OH excluding ortho intramolecular Hbond substituents is 2. The second-order valence-corrected chi connectivity index (χ2v) is 5.00. The number of hydrogen-bond donors (Lipinski definition) is 3. The molecule has 2 aromatic carbocycles. The summed E-state index contributed by atoms with van der Waals surface area (Å²) in [7, 11) is 0. The van der Waals surface area contributed by atoms with Crippen molar-refractivity contribution in [3.05, 3.63) is 52.0 Å². The number of hydrogen-bond acceptors (Lipinski definition) is 3. The first kappa shape index (κ1) is 12.8. The first-order valence-corrected chi connectivity index (χ1v) is 6.36. The summed E-state index contributed by atoms with van der Waals surface area (Å²) in [6.07, 6.45) is 0. The third kappa shape index (κ3) is 2.96. The van der Waals surface area contributed by atoms with E-state index in [4.69, 9.17) is 0 Å². The maximum absolute atomic E-state index is 9.68. The molecule has 2 rings (SSSR count). The minimum absolute atomic E-state index is 0.0630. The molecule has 3 nitrogen and oxygen atoms in total. The van der Waals surface area contributed by atoms with Crippen LogP contribution in [0.2, 0.25) is 0 Å². The van der Waals surface area contributed by atoms with E-state index in [-0.39, 0.29) is 11.5 Å². The standard InChI is InChI=1S/C14H14BrNO2/c1-9-2-5-12(15)13(6-9)16-8-10-3-4-11(17)7-14(10)18/h2-7,16-18H,8H2,1H3. The normalized spacial score (nSPS) is 10.3. The van der Waals surface area contributed by atoms with Crippen LogP contribution in [0.25, 0.3) is 0 Å². The highest BCUT2D eigenvalue weighted by molar-refractivity contribution is 9.10. The molecule has 0 aliphatic heterocycles. The van der Waals surface area contributed by atoms with Crippen molar-refractivity contribution in [2.45, 2.75) is 13.5 Å². The lowest BCUT2D eigenvalue weighted by atomic mass is 10.1. The highest BCUT2D eigenvalue weighted by Gasteiger charge is 2.04. The first-order valence-electron chi connectivity index (χ1n) is 5.57. The number of benzene rings is 2. The lowest BCUT2D eigenvalue weighted by molar-refractivity contribution is 0.446. The van der Waals surface area contributed by atoms with Gasteiger partial charge < -0.3 is 15.5 Å². The van der Waals surface area contributed by atoms with Crippen LogP contribution in [0, 0.1) is 6.92 Å². The molecule has 0 amide bonds. The molecular formula is C14H14BrNO2. The molecule has 0 saturated heterocycles. The molecule has 0 spiro atoms. The molecular weight excluding hydrogens is 294 g/mol. The summed E-state index contributed by atoms with van der Waals surface area (Å²) in [5, 5.41) is 22.1. The topological polar surface area (TPSA) is 52.5 Å². The first-order chi connectivity index (χ1) is 8.56. The molecule has 4 heteroatoms. The summed E-state index contributed by atoms with van der Waals surface area (Å²) in [6, 6.07) is 10.6. The molecule has 94 valence electrons. The number of aryl methyl sites for hydroxylation is 1. The van der Waals surface area contributed by atoms with E-state index >= 15 is 0 Å². The molecule has 2 aromatic rings. The Balaban J connectivity index is 2.13. The molecule has 0 saturated carbocycles. The van der Waals surface area contributed by atoms with E-state index in [2.05, 4.69) is 21.2 Å². The van der Waals surface area contributed by atoms with E-state index in [1.54, 1.807) is 12.1 Å². The van der Waals surface area contributed by atoms with Crippen LogP contribution < -0.4 is 5.32 Å². The SMILES string of the molecule is Cc1ccc(Br)c(NCc2ccc(O)cc2O)c1. The van der Waals surface area contributed by atoms with E-state index in [0.717, 1.165) is 21.3 Å². The zero-order valence-electron chi connectivity index (χ0n) is 9.94. The van der Waals surface area contributed by atoms with Crippen molar-refractivity contribution in [1.82, 2.24) is 0 Å². The summed E-state index contributed by atoms with van der Waals surface area (Å²) in [5.41, 5.74) is 2.87. The van der Waals surface area contributed by atoms with E-state index in [1.165, 1.54) is 6.07 Å². The van der Waals surface area contributed by atoms with Crippen LogP contribution in [0.5, 0.6) is 11.5 Å². The number of aromatic hydroxyl groups is 2. The fraction of sp³-hybridized carbons (Fsp3) is 0.143. The van der Waals surface area contributed by atoms with Gasteiger partial charge in [-0.1, -0.05) is 6.07 Å². The lowest BCUT2D eigenvalue weighted by Crippen LogP contribution is -2.00. The third-order valence-electron chi connectivity index (χ3n) is 2.66. The Labute approximate surface area is 114 Å². The molecule has 0 fully saturated rings. The van der Waals surface area contributed by atoms with Crippen molar-refractivity contribution in [3.63, 3.8) is 0 Å². The molecule has 0 heterocycles. The van der Waals surface area contributed by atoms with Crippen molar-refractivity contribution in [2.24, 2.45) is 0 Å². The average Bonchev–Trinajstić information content (AvgIpc) is 2.32. The van der Waals surface area contributed by atoms with E-state index in [0.29, 0.717) is 6.54 Å². The highest BCUT2D eigenvalue weighted by Crippen LogP contribution is 2.26. The van der Waals surface area contributed by atoms with Crippen molar-refractivity contribution in [1.29, 1.82) is 0 Å². The average molecular weight is 308 g/mol. The molecule has 0 unspecified atom stereocenters. The summed E-state index contributed by atoms with van der Waals surface area (Å²) in [6.45, 7) is 2.52. The fourth-order valence-corrected chi connectivity index (χ4v) is 2.05. The number of anilines is 1. The summed E-state index contributed by atoms with van der Waals surface area (Å²) in [4.78, 5) is 0. The molecule has 3 N–H and O–H groups in total. The van der Waals surface area contributed by atoms with Gasteiger partial charge in [-0.15, -0.1) is 0 Å². The predicted octanol–water partition coefficient (Wildman–Crippen LogP) is 3.78. The smallest absolute Gasteiger partial charge is 0.124 e. The van der Waals surface area contributed by atoms with Crippen molar-refractivity contribution >= 4 is 21.6 Å². The summed E-state index contributed by atoms with van der Waals surface area (Å²) < 4.78 is 0.978. The number of phenols is 2. The summed E-state index contributed by atoms with van der Waals surface area (Å²) in [5.74, 6) is 0.152. The summed E-state index contributed by atoms with van der Waals surface area (Å²) >= 11 is 3.47. The van der Waals surface area contributed by atoms with Crippen molar-refractivity contribution in [2.75, 3.05) is 5.32 Å². The van der Waals surface area contributed by atoms with Gasteiger partial charge in [0, 0.05) is 28.3 Å². The van der Waals surface area contributed by atoms with Crippen LogP contribution in [-0.4, -0.2) is 10.2 Å². The van der Waals surface area contributed by atoms with Gasteiger partial charge >= 0.3 is 0 Å². The van der Waals surface area contributed by atoms with Crippen LogP contribution in [-0.2, 0) is 6.54 Å². The van der Waals surface area contributed by atoms with Crippen LogP contribution in [0.3, 0.4) is 0 Å². The van der Waals surface area contributed by atoms with Gasteiger partial charge in [-0.3, -0.25) is 0 Å². The third-order valence-corrected chi connectivity index (χ3v) is 3.35. The van der Waals surface area contributed by atoms with Gasteiger partial charge in [-0.2, -0.15) is 0 Å². The van der Waals surface area contributed by atoms with Gasteiger partial charge in [-0.25, -0.2) is 0 Å². The van der Waals surface area contributed by atoms with Gasteiger partial charge in [0.05, 0.1) is 0 Å². The van der Waals surface area contributed by atoms with Gasteiger partial charge in [0.1, 0.15) is 11.5 Å². The Morgan fingerprint density at radius 2 is 1.89 bits per heavy atom. The van der Waals surface area contributed by atoms with Crippen LogP contribution in [0.15, 0.2) is 40.9 Å². The molecule has 0 aliphatic carbocycles. The molecule has 0 aromatic heterocycles. The van der Waals surface area contributed by atoms with E-state index < -0.39 is 0 Å². The van der Waals surface area contributed by atoms with Crippen molar-refractivity contribution in [3.8, 4) is 11.5 Å². The number of rotatable bonds is 3. The van der Waals surface area contributed by atoms with E-state index in [9.17, 15) is 10.2 Å². The van der Waals surface area contributed by atoms with Gasteiger partial charge in [0.25, 0.3) is 0 Å². The Morgan fingerprint density at radius 1 is 1.11 bits per heavy atom. The quantitative estimate of drug-likeness (QED) is 0.809. The van der Waals surface area contributed by atoms with Gasteiger partial charge in [0.2, 0.25) is 0 Å². The van der Waals surface area contributed by atoms with Crippen LogP contribution >= 0.6 is 15.9 Å². The zero-order valence-corrected chi connectivity index (χ0v) is 11.5. The largest absolute Gasteiger partial charge is 0.508 e. The Bertz CT molecular complexity index is 570. The highest BCUT2D eigenvalue weighted by atomic mass is 79.9. The van der Waals surface area contributed by atoms with Gasteiger partial charge in [0.15, 0.2) is 0 Å². The van der Waals surface area contributed by atoms with Crippen molar-refractivity contribution < 1.29 is 10.2 Å². The van der Waals surface area contributed by atoms with E-state index in [1.807, 2.05) is 25.1 Å². The van der Waals surface area contributed by atoms with Crippen LogP contribution in [0.4, 0.5) is 5.69 Å². The fourth-order valence-electron chi connectivity index (χ4n) is 1.67. The lowest BCUT2D eigenvalue weighted by Gasteiger charge is -2.11. The van der Waals surface area contributed by atoms with Crippen LogP contribution in [0.1, 0.15) is 11.1 Å². The second kappa shape index (κ2) is 5.31. The number of nitrogens with one attached hydrogen (secondary N) is 1. The molecule has 0 atom stereocenters. The molecule has 18 heavy (non-hydrogen) atoms. The maximum atomic E-state index is 9.68. The van der Waals surface area contributed by atoms with Gasteiger partial charge in [-0.05, 0) is 52.7 Å². The Kier molecular flexibility index (Phi) is 3.77. The molecule has 0 bridgehead atoms. The predicted molar refractivity (Wildman–Crippen MR) is 76.0 cm³/mol. The molecule has 0 aliphatic rings. The number of halogens is 1. The minimum atomic E-state index is 0.0630. The Morgan fingerprint density at radius 3 is 2.61 bits per heavy atom. The minimum Gasteiger partial charge on any atom is -0.508 e. The molecule has 0 radical (unpaired) electrons. The zero-order chi connectivity index (χ0) is 13.1.